The maximum atomic E-state index is 12.7. The van der Waals surface area contributed by atoms with E-state index in [0.717, 1.165) is 31.9 Å². The maximum absolute atomic E-state index is 12.7. The molecule has 0 bridgehead atoms. The fraction of sp³-hybridized carbons (Fsp3) is 0.308. The van der Waals surface area contributed by atoms with Gasteiger partial charge < -0.3 is 30.6 Å². The second-order valence-electron chi connectivity index (χ2n) is 8.32. The van der Waals surface area contributed by atoms with Crippen LogP contribution < -0.4 is 26.2 Å². The van der Waals surface area contributed by atoms with Gasteiger partial charge in [-0.25, -0.2) is 0 Å². The Kier molecular flexibility index (Phi) is 7.49. The van der Waals surface area contributed by atoms with Gasteiger partial charge in [-0.3, -0.25) is 9.59 Å². The highest BCUT2D eigenvalue weighted by Gasteiger charge is 2.22. The van der Waals surface area contributed by atoms with Crippen molar-refractivity contribution in [2.45, 2.75) is 13.3 Å². The molecule has 0 spiro atoms. The van der Waals surface area contributed by atoms with Crippen LogP contribution >= 0.6 is 0 Å². The monoisotopic (exact) mass is 461 g/mol. The van der Waals surface area contributed by atoms with Crippen LogP contribution in [-0.2, 0) is 0 Å². The first-order valence-corrected chi connectivity index (χ1v) is 11.6. The predicted octanol–water partition coefficient (Wildman–Crippen LogP) is 3.25. The van der Waals surface area contributed by atoms with Crippen LogP contribution in [0.4, 0.5) is 17.1 Å². The van der Waals surface area contributed by atoms with Gasteiger partial charge in [0, 0.05) is 44.0 Å². The number of carbonyl (C=O) groups excluding carboxylic acids is 2. The van der Waals surface area contributed by atoms with Gasteiger partial charge in [0.15, 0.2) is 5.76 Å². The van der Waals surface area contributed by atoms with Crippen molar-refractivity contribution in [2.24, 2.45) is 5.73 Å². The van der Waals surface area contributed by atoms with Crippen molar-refractivity contribution in [3.8, 4) is 0 Å². The molecule has 8 nitrogen and oxygen atoms in total. The summed E-state index contributed by atoms with van der Waals surface area (Å²) in [5, 5.41) is 5.80. The Morgan fingerprint density at radius 3 is 2.35 bits per heavy atom. The largest absolute Gasteiger partial charge is 0.459 e. The van der Waals surface area contributed by atoms with Crippen LogP contribution in [0.2, 0.25) is 0 Å². The lowest BCUT2D eigenvalue weighted by atomic mass is 10.1. The number of rotatable bonds is 8. The fourth-order valence-corrected chi connectivity index (χ4v) is 4.16. The summed E-state index contributed by atoms with van der Waals surface area (Å²) in [6, 6.07) is 17.1. The van der Waals surface area contributed by atoms with Crippen LogP contribution in [0, 0.1) is 6.92 Å². The third-order valence-electron chi connectivity index (χ3n) is 5.99. The van der Waals surface area contributed by atoms with Gasteiger partial charge >= 0.3 is 0 Å². The Morgan fingerprint density at radius 2 is 1.68 bits per heavy atom. The van der Waals surface area contributed by atoms with E-state index in [-0.39, 0.29) is 17.6 Å². The van der Waals surface area contributed by atoms with Gasteiger partial charge in [0.1, 0.15) is 0 Å². The van der Waals surface area contributed by atoms with Crippen molar-refractivity contribution in [2.75, 3.05) is 54.4 Å². The van der Waals surface area contributed by atoms with Gasteiger partial charge in [0.25, 0.3) is 11.8 Å². The molecule has 0 atom stereocenters. The van der Waals surface area contributed by atoms with Crippen LogP contribution in [0.25, 0.3) is 0 Å². The molecule has 178 valence electrons. The van der Waals surface area contributed by atoms with E-state index in [4.69, 9.17) is 10.2 Å². The van der Waals surface area contributed by atoms with Crippen molar-refractivity contribution < 1.29 is 14.0 Å². The molecule has 2 amide bonds. The zero-order chi connectivity index (χ0) is 23.9. The summed E-state index contributed by atoms with van der Waals surface area (Å²) >= 11 is 0. The van der Waals surface area contributed by atoms with Crippen LogP contribution in [-0.4, -0.2) is 51.1 Å². The fourth-order valence-electron chi connectivity index (χ4n) is 4.16. The molecule has 0 unspecified atom stereocenters. The lowest BCUT2D eigenvalue weighted by Gasteiger charge is -2.38. The number of aryl methyl sites for hydroxylation is 1. The minimum absolute atomic E-state index is 0.196. The average Bonchev–Trinajstić information content (AvgIpc) is 3.40. The van der Waals surface area contributed by atoms with Crippen molar-refractivity contribution in [1.29, 1.82) is 0 Å². The highest BCUT2D eigenvalue weighted by molar-refractivity contribution is 6.05. The second kappa shape index (κ2) is 10.9. The number of amides is 2. The molecule has 34 heavy (non-hydrogen) atoms. The number of furan rings is 1. The molecule has 2 heterocycles. The average molecular weight is 462 g/mol. The first kappa shape index (κ1) is 23.4. The summed E-state index contributed by atoms with van der Waals surface area (Å²) < 4.78 is 5.25. The zero-order valence-electron chi connectivity index (χ0n) is 19.4. The number of nitrogens with one attached hydrogen (secondary N) is 2. The number of carbonyl (C=O) groups is 2. The molecule has 0 aliphatic carbocycles. The number of para-hydroxylation sites is 1. The number of anilines is 3. The molecule has 4 N–H and O–H groups in total. The first-order valence-electron chi connectivity index (χ1n) is 11.6. The summed E-state index contributed by atoms with van der Waals surface area (Å²) in [6.07, 6.45) is 2.17. The predicted molar refractivity (Wildman–Crippen MR) is 135 cm³/mol. The van der Waals surface area contributed by atoms with Crippen molar-refractivity contribution in [3.63, 3.8) is 0 Å². The molecule has 1 aromatic heterocycles. The van der Waals surface area contributed by atoms with E-state index < -0.39 is 0 Å². The van der Waals surface area contributed by atoms with Crippen LogP contribution in [0.5, 0.6) is 0 Å². The minimum atomic E-state index is -0.356. The van der Waals surface area contributed by atoms with Gasteiger partial charge in [-0.15, -0.1) is 0 Å². The van der Waals surface area contributed by atoms with Crippen molar-refractivity contribution in [3.05, 3.63) is 77.7 Å². The van der Waals surface area contributed by atoms with Gasteiger partial charge in [-0.2, -0.15) is 0 Å². The summed E-state index contributed by atoms with van der Waals surface area (Å²) in [4.78, 5) is 30.0. The zero-order valence-corrected chi connectivity index (χ0v) is 19.4. The minimum Gasteiger partial charge on any atom is -0.459 e. The third-order valence-corrected chi connectivity index (χ3v) is 5.99. The Bertz CT molecular complexity index is 1120. The standard InChI is InChI=1S/C26H31N5O3/c1-19-6-2-3-7-22(19)30-13-15-31(16-14-30)23-10-9-20(25(32)28-12-5-11-27)18-21(23)29-26(33)24-8-4-17-34-24/h2-4,6-10,17-18H,5,11-16,27H2,1H3,(H,28,32)(H,29,33). The number of nitrogens with zero attached hydrogens (tertiary/aromatic N) is 2. The van der Waals surface area contributed by atoms with Crippen LogP contribution in [0.15, 0.2) is 65.3 Å². The first-order chi connectivity index (χ1) is 16.6. The molecular formula is C26H31N5O3. The molecule has 2 aromatic carbocycles. The number of nitrogens with two attached hydrogens (primary N) is 1. The summed E-state index contributed by atoms with van der Waals surface area (Å²) in [5.74, 6) is -0.337. The quantitative estimate of drug-likeness (QED) is 0.445. The highest BCUT2D eigenvalue weighted by Crippen LogP contribution is 2.30. The van der Waals surface area contributed by atoms with E-state index in [1.54, 1.807) is 24.3 Å². The molecule has 3 aromatic rings. The molecule has 0 saturated carbocycles. The molecule has 1 saturated heterocycles. The Hall–Kier alpha value is -3.78. The van der Waals surface area contributed by atoms with E-state index in [9.17, 15) is 9.59 Å². The third kappa shape index (κ3) is 5.40. The molecule has 0 radical (unpaired) electrons. The topological polar surface area (TPSA) is 104 Å². The molecular weight excluding hydrogens is 430 g/mol. The maximum Gasteiger partial charge on any atom is 0.291 e. The Morgan fingerprint density at radius 1 is 0.941 bits per heavy atom. The van der Waals surface area contributed by atoms with E-state index in [2.05, 4.69) is 51.6 Å². The number of piperazine rings is 1. The summed E-state index contributed by atoms with van der Waals surface area (Å²) in [6.45, 7) is 6.45. The normalized spacial score (nSPS) is 13.6. The van der Waals surface area contributed by atoms with Crippen LogP contribution in [0.3, 0.4) is 0 Å². The molecule has 1 aliphatic rings. The van der Waals surface area contributed by atoms with E-state index >= 15 is 0 Å². The van der Waals surface area contributed by atoms with Gasteiger partial charge in [0.2, 0.25) is 0 Å². The molecule has 1 aliphatic heterocycles. The van der Waals surface area contributed by atoms with Crippen LogP contribution in [0.1, 0.15) is 32.9 Å². The summed E-state index contributed by atoms with van der Waals surface area (Å²) in [5.41, 5.74) is 9.96. The van der Waals surface area contributed by atoms with E-state index in [1.165, 1.54) is 17.5 Å². The Balaban J connectivity index is 1.54. The van der Waals surface area contributed by atoms with E-state index in [0.29, 0.717) is 30.8 Å². The lowest BCUT2D eigenvalue weighted by Crippen LogP contribution is -2.47. The second-order valence-corrected chi connectivity index (χ2v) is 8.32. The number of benzene rings is 2. The smallest absolute Gasteiger partial charge is 0.291 e. The Labute approximate surface area is 199 Å². The molecule has 4 rings (SSSR count). The summed E-state index contributed by atoms with van der Waals surface area (Å²) in [7, 11) is 0. The number of hydrogen-bond donors (Lipinski definition) is 3. The SMILES string of the molecule is Cc1ccccc1N1CCN(c2ccc(C(=O)NCCCN)cc2NC(=O)c2ccco2)CC1. The van der Waals surface area contributed by atoms with Gasteiger partial charge in [0.05, 0.1) is 17.6 Å². The highest BCUT2D eigenvalue weighted by atomic mass is 16.3. The van der Waals surface area contributed by atoms with Crippen molar-refractivity contribution in [1.82, 2.24) is 5.32 Å². The lowest BCUT2D eigenvalue weighted by molar-refractivity contribution is 0.0951. The van der Waals surface area contributed by atoms with Gasteiger partial charge in [-0.1, -0.05) is 18.2 Å². The van der Waals surface area contributed by atoms with Crippen molar-refractivity contribution >= 4 is 28.9 Å². The van der Waals surface area contributed by atoms with Gasteiger partial charge in [-0.05, 0) is 61.9 Å². The molecule has 1 fully saturated rings. The van der Waals surface area contributed by atoms with E-state index in [1.807, 2.05) is 6.07 Å². The molecule has 8 heteroatoms. The number of hydrogen-bond acceptors (Lipinski definition) is 6.